The minimum Gasteiger partial charge on any atom is -0.294 e. The minimum atomic E-state index is -0.419. The summed E-state index contributed by atoms with van der Waals surface area (Å²) in [7, 11) is 0. The molecule has 134 valence electrons. The van der Waals surface area contributed by atoms with E-state index in [1.165, 1.54) is 27.8 Å². The molecule has 0 atom stereocenters. The minimum absolute atomic E-state index is 0.0384. The molecule has 1 aromatic carbocycles. The number of carbonyl (C=O) groups is 1. The van der Waals surface area contributed by atoms with Crippen LogP contribution in [0.2, 0.25) is 0 Å². The van der Waals surface area contributed by atoms with E-state index < -0.39 is 5.41 Å². The Kier molecular flexibility index (Phi) is 3.97. The van der Waals surface area contributed by atoms with Gasteiger partial charge in [-0.05, 0) is 71.8 Å². The molecule has 0 N–H and O–H groups in total. The Labute approximate surface area is 149 Å². The molecule has 1 heteroatoms. The van der Waals surface area contributed by atoms with Gasteiger partial charge in [-0.2, -0.15) is 0 Å². The van der Waals surface area contributed by atoms with Crippen LogP contribution in [0.4, 0.5) is 0 Å². The van der Waals surface area contributed by atoms with Crippen LogP contribution < -0.4 is 0 Å². The first-order valence-electron chi connectivity index (χ1n) is 9.20. The summed E-state index contributed by atoms with van der Waals surface area (Å²) in [4.78, 5) is 13.8. The molecular formula is C23H36O. The van der Waals surface area contributed by atoms with Crippen LogP contribution in [0.5, 0.6) is 0 Å². The van der Waals surface area contributed by atoms with Crippen molar-refractivity contribution in [1.29, 1.82) is 0 Å². The van der Waals surface area contributed by atoms with Gasteiger partial charge in [0.2, 0.25) is 0 Å². The van der Waals surface area contributed by atoms with Crippen molar-refractivity contribution in [2.24, 2.45) is 16.2 Å². The molecule has 1 aliphatic rings. The molecule has 1 aromatic rings. The number of hydrogen-bond donors (Lipinski definition) is 0. The van der Waals surface area contributed by atoms with Crippen LogP contribution in [0.15, 0.2) is 0 Å². The summed E-state index contributed by atoms with van der Waals surface area (Å²) in [5, 5.41) is 0. The van der Waals surface area contributed by atoms with Crippen molar-refractivity contribution in [3.63, 3.8) is 0 Å². The van der Waals surface area contributed by atoms with Gasteiger partial charge >= 0.3 is 0 Å². The summed E-state index contributed by atoms with van der Waals surface area (Å²) in [6.45, 7) is 26.9. The molecule has 0 saturated heterocycles. The predicted octanol–water partition coefficient (Wildman–Crippen LogP) is 6.47. The summed E-state index contributed by atoms with van der Waals surface area (Å²) in [6.07, 6.45) is 0. The lowest BCUT2D eigenvalue weighted by atomic mass is 9.47. The Morgan fingerprint density at radius 3 is 1.38 bits per heavy atom. The van der Waals surface area contributed by atoms with Crippen molar-refractivity contribution in [2.75, 3.05) is 0 Å². The first-order chi connectivity index (χ1) is 10.5. The second-order valence-electron chi connectivity index (χ2n) is 10.1. The maximum absolute atomic E-state index is 13.8. The van der Waals surface area contributed by atoms with E-state index in [1.54, 1.807) is 0 Å². The van der Waals surface area contributed by atoms with E-state index in [0.717, 1.165) is 5.56 Å². The molecule has 24 heavy (non-hydrogen) atoms. The zero-order valence-corrected chi connectivity index (χ0v) is 17.9. The summed E-state index contributed by atoms with van der Waals surface area (Å²) < 4.78 is 0. The van der Waals surface area contributed by atoms with Crippen LogP contribution in [0.25, 0.3) is 0 Å². The lowest BCUT2D eigenvalue weighted by Crippen LogP contribution is -2.53. The maximum atomic E-state index is 13.8. The number of ketones is 1. The number of carbonyl (C=O) groups excluding carboxylic acids is 1. The highest BCUT2D eigenvalue weighted by Gasteiger charge is 2.61. The second kappa shape index (κ2) is 4.96. The third kappa shape index (κ3) is 1.90. The highest BCUT2D eigenvalue weighted by atomic mass is 16.1. The molecule has 0 aromatic heterocycles. The Morgan fingerprint density at radius 2 is 0.917 bits per heavy atom. The molecule has 0 amide bonds. The first-order valence-corrected chi connectivity index (χ1v) is 9.20. The summed E-state index contributed by atoms with van der Waals surface area (Å²) >= 11 is 0. The van der Waals surface area contributed by atoms with Crippen molar-refractivity contribution < 1.29 is 4.79 Å². The number of Topliss-reactive ketones (excluding diaryl/α,β-unsaturated/α-hetero) is 1. The van der Waals surface area contributed by atoms with Gasteiger partial charge in [0.1, 0.15) is 0 Å². The van der Waals surface area contributed by atoms with Gasteiger partial charge in [-0.25, -0.2) is 0 Å². The molecule has 0 saturated carbocycles. The topological polar surface area (TPSA) is 17.1 Å². The Bertz CT molecular complexity index is 727. The van der Waals surface area contributed by atoms with E-state index in [-0.39, 0.29) is 16.2 Å². The van der Waals surface area contributed by atoms with E-state index >= 15 is 0 Å². The van der Waals surface area contributed by atoms with Crippen LogP contribution in [0.3, 0.4) is 0 Å². The standard InChI is InChI=1S/C23H36O/c1-13-14(2)16(4)18-17(15(13)3)19(24)21(7,8)23(11,12)22(9,10)20(18,5)6/h1-12H3. The second-order valence-corrected chi connectivity index (χ2v) is 10.1. The number of fused-ring (bicyclic) bond motifs is 1. The van der Waals surface area contributed by atoms with Crippen LogP contribution in [0, 0.1) is 43.9 Å². The lowest BCUT2D eigenvalue weighted by molar-refractivity contribution is -0.0422. The van der Waals surface area contributed by atoms with Crippen molar-refractivity contribution in [3.05, 3.63) is 33.4 Å². The van der Waals surface area contributed by atoms with Crippen LogP contribution in [-0.2, 0) is 5.41 Å². The van der Waals surface area contributed by atoms with Gasteiger partial charge in [0.05, 0.1) is 0 Å². The first kappa shape index (κ1) is 19.2. The number of benzene rings is 1. The molecule has 2 rings (SSSR count). The van der Waals surface area contributed by atoms with Crippen molar-refractivity contribution in [3.8, 4) is 0 Å². The quantitative estimate of drug-likeness (QED) is 0.499. The third-order valence-electron chi connectivity index (χ3n) is 8.79. The smallest absolute Gasteiger partial charge is 0.169 e. The molecule has 0 heterocycles. The SMILES string of the molecule is Cc1c(C)c(C)c2c(c1C)C(=O)C(C)(C)C(C)(C)C(C)(C)C2(C)C. The average molecular weight is 329 g/mol. The largest absolute Gasteiger partial charge is 0.294 e. The molecule has 1 aliphatic carbocycles. The Morgan fingerprint density at radius 1 is 0.542 bits per heavy atom. The molecule has 0 bridgehead atoms. The van der Waals surface area contributed by atoms with Gasteiger partial charge in [0, 0.05) is 11.0 Å². The Balaban J connectivity index is 3.14. The van der Waals surface area contributed by atoms with Crippen molar-refractivity contribution in [2.45, 2.75) is 88.5 Å². The third-order valence-corrected chi connectivity index (χ3v) is 8.79. The monoisotopic (exact) mass is 328 g/mol. The molecule has 1 nitrogen and oxygen atoms in total. The van der Waals surface area contributed by atoms with E-state index in [9.17, 15) is 4.79 Å². The number of rotatable bonds is 0. The normalized spacial score (nSPS) is 23.6. The van der Waals surface area contributed by atoms with Crippen molar-refractivity contribution in [1.82, 2.24) is 0 Å². The van der Waals surface area contributed by atoms with E-state index in [2.05, 4.69) is 83.1 Å². The average Bonchev–Trinajstić information content (AvgIpc) is 2.47. The molecule has 0 fully saturated rings. The van der Waals surface area contributed by atoms with E-state index in [4.69, 9.17) is 0 Å². The molecular weight excluding hydrogens is 292 g/mol. The fourth-order valence-electron chi connectivity index (χ4n) is 4.85. The molecule has 0 spiro atoms. The summed E-state index contributed by atoms with van der Waals surface area (Å²) in [5.74, 6) is 0.310. The maximum Gasteiger partial charge on any atom is 0.169 e. The van der Waals surface area contributed by atoms with Gasteiger partial charge < -0.3 is 0 Å². The van der Waals surface area contributed by atoms with Crippen LogP contribution in [0.1, 0.15) is 93.6 Å². The van der Waals surface area contributed by atoms with Gasteiger partial charge in [-0.15, -0.1) is 0 Å². The molecule has 0 aliphatic heterocycles. The lowest BCUT2D eigenvalue weighted by Gasteiger charge is -2.56. The zero-order chi connectivity index (χ0) is 19.0. The van der Waals surface area contributed by atoms with Crippen LogP contribution in [-0.4, -0.2) is 5.78 Å². The fourth-order valence-corrected chi connectivity index (χ4v) is 4.85. The van der Waals surface area contributed by atoms with Gasteiger partial charge in [-0.1, -0.05) is 55.4 Å². The van der Waals surface area contributed by atoms with Gasteiger partial charge in [0.25, 0.3) is 0 Å². The molecule has 0 unspecified atom stereocenters. The van der Waals surface area contributed by atoms with E-state index in [0.29, 0.717) is 5.78 Å². The highest BCUT2D eigenvalue weighted by molar-refractivity contribution is 6.04. The highest BCUT2D eigenvalue weighted by Crippen LogP contribution is 2.64. The zero-order valence-electron chi connectivity index (χ0n) is 17.9. The van der Waals surface area contributed by atoms with Crippen LogP contribution >= 0.6 is 0 Å². The summed E-state index contributed by atoms with van der Waals surface area (Å²) in [5.41, 5.74) is 6.65. The van der Waals surface area contributed by atoms with Crippen molar-refractivity contribution >= 4 is 5.78 Å². The Hall–Kier alpha value is -1.11. The van der Waals surface area contributed by atoms with Gasteiger partial charge in [0.15, 0.2) is 5.78 Å². The van der Waals surface area contributed by atoms with E-state index in [1.807, 2.05) is 0 Å². The number of hydrogen-bond acceptors (Lipinski definition) is 1. The van der Waals surface area contributed by atoms with Gasteiger partial charge in [-0.3, -0.25) is 4.79 Å². The fraction of sp³-hybridized carbons (Fsp3) is 0.696. The predicted molar refractivity (Wildman–Crippen MR) is 104 cm³/mol. The summed E-state index contributed by atoms with van der Waals surface area (Å²) in [6, 6.07) is 0. The molecule has 0 radical (unpaired) electrons.